The summed E-state index contributed by atoms with van der Waals surface area (Å²) in [6, 6.07) is 1.19. The fourth-order valence-electron chi connectivity index (χ4n) is 2.39. The van der Waals surface area contributed by atoms with Gasteiger partial charge < -0.3 is 5.32 Å². The average molecular weight is 193 g/mol. The molecule has 4 unspecified atom stereocenters. The van der Waals surface area contributed by atoms with Crippen molar-refractivity contribution in [3.05, 3.63) is 18.0 Å². The molecule has 0 amide bonds. The predicted molar refractivity (Wildman–Crippen MR) is 57.2 cm³/mol. The van der Waals surface area contributed by atoms with Crippen LogP contribution >= 0.6 is 0 Å². The molecule has 1 fully saturated rings. The SMILES string of the molecule is CC1CC(c2cn[nH]c2)C(C)NC1C. The van der Waals surface area contributed by atoms with Crippen LogP contribution in [-0.2, 0) is 0 Å². The highest BCUT2D eigenvalue weighted by atomic mass is 15.1. The van der Waals surface area contributed by atoms with E-state index < -0.39 is 0 Å². The van der Waals surface area contributed by atoms with Gasteiger partial charge in [-0.05, 0) is 31.7 Å². The van der Waals surface area contributed by atoms with Crippen molar-refractivity contribution in [2.24, 2.45) is 5.92 Å². The molecule has 1 saturated heterocycles. The summed E-state index contributed by atoms with van der Waals surface area (Å²) in [5, 5.41) is 10.5. The average Bonchev–Trinajstić information content (AvgIpc) is 2.64. The Morgan fingerprint density at radius 3 is 2.71 bits per heavy atom. The van der Waals surface area contributed by atoms with Crippen LogP contribution in [0.3, 0.4) is 0 Å². The van der Waals surface area contributed by atoms with Crippen molar-refractivity contribution in [2.45, 2.75) is 45.2 Å². The molecule has 1 aromatic rings. The number of H-pyrrole nitrogens is 1. The van der Waals surface area contributed by atoms with Crippen LogP contribution in [-0.4, -0.2) is 22.3 Å². The number of aromatic amines is 1. The van der Waals surface area contributed by atoms with E-state index in [0.717, 1.165) is 5.92 Å². The van der Waals surface area contributed by atoms with Gasteiger partial charge in [-0.1, -0.05) is 6.92 Å². The smallest absolute Gasteiger partial charge is 0.0522 e. The first-order valence-corrected chi connectivity index (χ1v) is 5.43. The Balaban J connectivity index is 2.13. The standard InChI is InChI=1S/C11H19N3/c1-7-4-11(9(3)14-8(7)2)10-5-12-13-6-10/h5-9,11,14H,4H2,1-3H3,(H,12,13). The van der Waals surface area contributed by atoms with Crippen molar-refractivity contribution in [1.29, 1.82) is 0 Å². The number of nitrogens with zero attached hydrogens (tertiary/aromatic N) is 1. The Hall–Kier alpha value is -0.830. The molecule has 0 aromatic carbocycles. The highest BCUT2D eigenvalue weighted by Crippen LogP contribution is 2.32. The zero-order chi connectivity index (χ0) is 10.1. The van der Waals surface area contributed by atoms with Gasteiger partial charge in [-0.15, -0.1) is 0 Å². The number of nitrogens with one attached hydrogen (secondary N) is 2. The van der Waals surface area contributed by atoms with Crippen LogP contribution in [0, 0.1) is 5.92 Å². The second kappa shape index (κ2) is 3.73. The van der Waals surface area contributed by atoms with Crippen molar-refractivity contribution in [3.63, 3.8) is 0 Å². The number of hydrogen-bond donors (Lipinski definition) is 2. The van der Waals surface area contributed by atoms with Crippen molar-refractivity contribution >= 4 is 0 Å². The Morgan fingerprint density at radius 1 is 1.29 bits per heavy atom. The zero-order valence-electron chi connectivity index (χ0n) is 9.12. The summed E-state index contributed by atoms with van der Waals surface area (Å²) >= 11 is 0. The van der Waals surface area contributed by atoms with Crippen molar-refractivity contribution in [1.82, 2.24) is 15.5 Å². The minimum atomic E-state index is 0.554. The van der Waals surface area contributed by atoms with Gasteiger partial charge in [-0.3, -0.25) is 5.10 Å². The predicted octanol–water partition coefficient (Wildman–Crippen LogP) is 1.90. The van der Waals surface area contributed by atoms with Gasteiger partial charge in [-0.2, -0.15) is 5.10 Å². The Morgan fingerprint density at radius 2 is 2.07 bits per heavy atom. The lowest BCUT2D eigenvalue weighted by Crippen LogP contribution is -2.47. The largest absolute Gasteiger partial charge is 0.311 e. The first-order valence-electron chi connectivity index (χ1n) is 5.43. The fourth-order valence-corrected chi connectivity index (χ4v) is 2.39. The summed E-state index contributed by atoms with van der Waals surface area (Å²) in [5.74, 6) is 1.35. The van der Waals surface area contributed by atoms with Crippen LogP contribution in [0.5, 0.6) is 0 Å². The van der Waals surface area contributed by atoms with Crippen molar-refractivity contribution < 1.29 is 0 Å². The maximum Gasteiger partial charge on any atom is 0.0522 e. The first-order chi connectivity index (χ1) is 6.68. The lowest BCUT2D eigenvalue weighted by molar-refractivity contribution is 0.238. The third-order valence-corrected chi connectivity index (χ3v) is 3.56. The quantitative estimate of drug-likeness (QED) is 0.715. The zero-order valence-corrected chi connectivity index (χ0v) is 9.12. The molecular weight excluding hydrogens is 174 g/mol. The Labute approximate surface area is 85.3 Å². The van der Waals surface area contributed by atoms with Crippen LogP contribution < -0.4 is 5.32 Å². The summed E-state index contributed by atoms with van der Waals surface area (Å²) in [5.41, 5.74) is 1.34. The number of piperidine rings is 1. The number of hydrogen-bond acceptors (Lipinski definition) is 2. The van der Waals surface area contributed by atoms with E-state index in [-0.39, 0.29) is 0 Å². The summed E-state index contributed by atoms with van der Waals surface area (Å²) in [7, 11) is 0. The summed E-state index contributed by atoms with van der Waals surface area (Å²) in [4.78, 5) is 0. The van der Waals surface area contributed by atoms with E-state index in [1.807, 2.05) is 12.4 Å². The molecular formula is C11H19N3. The molecule has 2 heterocycles. The van der Waals surface area contributed by atoms with Crippen LogP contribution in [0.15, 0.2) is 12.4 Å². The van der Waals surface area contributed by atoms with Crippen molar-refractivity contribution in [2.75, 3.05) is 0 Å². The third-order valence-electron chi connectivity index (χ3n) is 3.56. The normalized spacial score (nSPS) is 38.5. The van der Waals surface area contributed by atoms with E-state index in [2.05, 4.69) is 36.3 Å². The van der Waals surface area contributed by atoms with Crippen LogP contribution in [0.1, 0.15) is 38.7 Å². The molecule has 0 aliphatic carbocycles. The van der Waals surface area contributed by atoms with Crippen molar-refractivity contribution in [3.8, 4) is 0 Å². The minimum absolute atomic E-state index is 0.554. The fraction of sp³-hybridized carbons (Fsp3) is 0.727. The van der Waals surface area contributed by atoms with Gasteiger partial charge in [0.1, 0.15) is 0 Å². The number of aromatic nitrogens is 2. The van der Waals surface area contributed by atoms with E-state index in [0.29, 0.717) is 18.0 Å². The molecule has 3 nitrogen and oxygen atoms in total. The molecule has 0 saturated carbocycles. The molecule has 2 rings (SSSR count). The highest BCUT2D eigenvalue weighted by Gasteiger charge is 2.30. The monoisotopic (exact) mass is 193 g/mol. The van der Waals surface area contributed by atoms with Gasteiger partial charge in [0.05, 0.1) is 6.20 Å². The second-order valence-corrected chi connectivity index (χ2v) is 4.60. The topological polar surface area (TPSA) is 40.7 Å². The van der Waals surface area contributed by atoms with Crippen LogP contribution in [0.25, 0.3) is 0 Å². The molecule has 4 atom stereocenters. The molecule has 1 aromatic heterocycles. The second-order valence-electron chi connectivity index (χ2n) is 4.60. The van der Waals surface area contributed by atoms with E-state index in [1.165, 1.54) is 12.0 Å². The van der Waals surface area contributed by atoms with Gasteiger partial charge in [0.25, 0.3) is 0 Å². The molecule has 2 N–H and O–H groups in total. The molecule has 0 spiro atoms. The van der Waals surface area contributed by atoms with Crippen LogP contribution in [0.2, 0.25) is 0 Å². The maximum absolute atomic E-state index is 4.02. The lowest BCUT2D eigenvalue weighted by atomic mass is 9.79. The maximum atomic E-state index is 4.02. The van der Waals surface area contributed by atoms with Gasteiger partial charge in [0.2, 0.25) is 0 Å². The Kier molecular flexibility index (Phi) is 2.59. The molecule has 1 aliphatic rings. The van der Waals surface area contributed by atoms with Gasteiger partial charge in [0.15, 0.2) is 0 Å². The molecule has 0 radical (unpaired) electrons. The van der Waals surface area contributed by atoms with E-state index >= 15 is 0 Å². The first kappa shape index (κ1) is 9.71. The summed E-state index contributed by atoms with van der Waals surface area (Å²) in [6.45, 7) is 6.85. The Bertz CT molecular complexity index is 281. The molecule has 3 heteroatoms. The van der Waals surface area contributed by atoms with E-state index in [1.54, 1.807) is 0 Å². The van der Waals surface area contributed by atoms with Crippen LogP contribution in [0.4, 0.5) is 0 Å². The summed E-state index contributed by atoms with van der Waals surface area (Å²) < 4.78 is 0. The molecule has 14 heavy (non-hydrogen) atoms. The molecule has 1 aliphatic heterocycles. The van der Waals surface area contributed by atoms with Gasteiger partial charge in [0, 0.05) is 24.2 Å². The minimum Gasteiger partial charge on any atom is -0.311 e. The summed E-state index contributed by atoms with van der Waals surface area (Å²) in [6.07, 6.45) is 5.23. The van der Waals surface area contributed by atoms with E-state index in [4.69, 9.17) is 0 Å². The van der Waals surface area contributed by atoms with Gasteiger partial charge >= 0.3 is 0 Å². The molecule has 78 valence electrons. The third kappa shape index (κ3) is 1.69. The van der Waals surface area contributed by atoms with E-state index in [9.17, 15) is 0 Å². The highest BCUT2D eigenvalue weighted by molar-refractivity contribution is 5.15. The van der Waals surface area contributed by atoms with Gasteiger partial charge in [-0.25, -0.2) is 0 Å². The molecule has 0 bridgehead atoms. The number of rotatable bonds is 1. The lowest BCUT2D eigenvalue weighted by Gasteiger charge is -2.38.